The fourth-order valence-electron chi connectivity index (χ4n) is 2.76. The highest BCUT2D eigenvalue weighted by Crippen LogP contribution is 2.23. The Hall–Kier alpha value is -3.89. The molecule has 2 heterocycles. The molecule has 1 aromatic carbocycles. The van der Waals surface area contributed by atoms with E-state index in [1.807, 2.05) is 19.1 Å². The minimum Gasteiger partial charge on any atom is -0.406 e. The molecular weight excluding hydrogens is 425 g/mol. The summed E-state index contributed by atoms with van der Waals surface area (Å²) in [7, 11) is 0. The van der Waals surface area contributed by atoms with E-state index in [2.05, 4.69) is 35.6 Å². The average molecular weight is 446 g/mol. The minimum absolute atomic E-state index is 0.0572. The topological polar surface area (TPSA) is 101 Å². The van der Waals surface area contributed by atoms with E-state index in [0.29, 0.717) is 29.8 Å². The number of hydrogen-bond donors (Lipinski definition) is 3. The molecule has 32 heavy (non-hydrogen) atoms. The molecule has 0 aliphatic rings. The van der Waals surface area contributed by atoms with Gasteiger partial charge in [-0.25, -0.2) is 15.0 Å². The van der Waals surface area contributed by atoms with Crippen LogP contribution < -0.4 is 20.7 Å². The largest absolute Gasteiger partial charge is 0.573 e. The van der Waals surface area contributed by atoms with E-state index >= 15 is 0 Å². The van der Waals surface area contributed by atoms with Crippen molar-refractivity contribution in [3.63, 3.8) is 0 Å². The number of alkyl halides is 3. The van der Waals surface area contributed by atoms with E-state index in [1.165, 1.54) is 12.1 Å². The van der Waals surface area contributed by atoms with E-state index in [-0.39, 0.29) is 12.1 Å². The molecule has 0 aliphatic heterocycles. The lowest BCUT2D eigenvalue weighted by atomic mass is 10.2. The number of ether oxygens (including phenoxy) is 1. The molecule has 0 unspecified atom stereocenters. The van der Waals surface area contributed by atoms with Crippen LogP contribution >= 0.6 is 0 Å². The first kappa shape index (κ1) is 22.8. The van der Waals surface area contributed by atoms with Gasteiger partial charge in [-0.3, -0.25) is 4.79 Å². The van der Waals surface area contributed by atoms with Crippen LogP contribution in [0.1, 0.15) is 21.7 Å². The second kappa shape index (κ2) is 9.94. The number of amides is 1. The summed E-state index contributed by atoms with van der Waals surface area (Å²) in [6.07, 6.45) is -3.13. The van der Waals surface area contributed by atoms with E-state index in [0.717, 1.165) is 17.7 Å². The second-order valence-corrected chi connectivity index (χ2v) is 6.79. The number of benzene rings is 1. The number of aromatic nitrogens is 3. The van der Waals surface area contributed by atoms with Gasteiger partial charge in [-0.15, -0.1) is 13.2 Å². The number of halogens is 3. The Morgan fingerprint density at radius 1 is 1.00 bits per heavy atom. The predicted molar refractivity (Wildman–Crippen MR) is 113 cm³/mol. The van der Waals surface area contributed by atoms with Gasteiger partial charge in [-0.05, 0) is 49.7 Å². The summed E-state index contributed by atoms with van der Waals surface area (Å²) in [4.78, 5) is 25.0. The van der Waals surface area contributed by atoms with Crippen LogP contribution in [0.5, 0.6) is 5.75 Å². The number of aryl methyl sites for hydroxylation is 2. The van der Waals surface area contributed by atoms with Gasteiger partial charge in [0.1, 0.15) is 29.0 Å². The SMILES string of the molecule is Cc1ccnc(Nc2cc(NCCNC(=O)c3cccc(OC(F)(F)F)c3)nc(C)n2)c1. The Morgan fingerprint density at radius 3 is 2.53 bits per heavy atom. The molecule has 0 saturated carbocycles. The van der Waals surface area contributed by atoms with Crippen LogP contribution in [-0.2, 0) is 0 Å². The van der Waals surface area contributed by atoms with Crippen molar-refractivity contribution in [2.75, 3.05) is 23.7 Å². The fraction of sp³-hybridized carbons (Fsp3) is 0.238. The maximum Gasteiger partial charge on any atom is 0.573 e. The summed E-state index contributed by atoms with van der Waals surface area (Å²) in [5.41, 5.74) is 1.11. The van der Waals surface area contributed by atoms with Crippen LogP contribution in [0.4, 0.5) is 30.6 Å². The van der Waals surface area contributed by atoms with Crippen molar-refractivity contribution in [1.29, 1.82) is 0 Å². The van der Waals surface area contributed by atoms with Crippen LogP contribution in [0.25, 0.3) is 0 Å². The lowest BCUT2D eigenvalue weighted by molar-refractivity contribution is -0.274. The standard InChI is InChI=1S/C21H21F3N6O2/c1-13-6-7-25-17(10-13)30-19-12-18(28-14(2)29-19)26-8-9-27-20(31)15-4-3-5-16(11-15)32-21(22,23)24/h3-7,10-12H,8-9H2,1-2H3,(H,27,31)(H2,25,26,28,29,30). The lowest BCUT2D eigenvalue weighted by Crippen LogP contribution is -2.29. The molecule has 3 N–H and O–H groups in total. The number of pyridine rings is 1. The first-order valence-electron chi connectivity index (χ1n) is 9.61. The van der Waals surface area contributed by atoms with Gasteiger partial charge in [0, 0.05) is 30.9 Å². The Kier molecular flexibility index (Phi) is 7.08. The fourth-order valence-corrected chi connectivity index (χ4v) is 2.76. The third kappa shape index (κ3) is 7.11. The molecule has 8 nitrogen and oxygen atoms in total. The number of rotatable bonds is 8. The molecule has 1 amide bonds. The van der Waals surface area contributed by atoms with Crippen molar-refractivity contribution in [2.45, 2.75) is 20.2 Å². The monoisotopic (exact) mass is 446 g/mol. The van der Waals surface area contributed by atoms with Crippen LogP contribution in [0.15, 0.2) is 48.7 Å². The van der Waals surface area contributed by atoms with Crippen molar-refractivity contribution in [2.24, 2.45) is 0 Å². The molecule has 3 aromatic rings. The van der Waals surface area contributed by atoms with Gasteiger partial charge in [0.05, 0.1) is 0 Å². The highest BCUT2D eigenvalue weighted by molar-refractivity contribution is 5.94. The van der Waals surface area contributed by atoms with Crippen molar-refractivity contribution < 1.29 is 22.7 Å². The molecule has 0 spiro atoms. The van der Waals surface area contributed by atoms with Crippen molar-refractivity contribution in [3.05, 3.63) is 65.6 Å². The van der Waals surface area contributed by atoms with E-state index in [1.54, 1.807) is 19.2 Å². The predicted octanol–water partition coefficient (Wildman–Crippen LogP) is 3.97. The normalized spacial score (nSPS) is 11.0. The molecule has 168 valence electrons. The number of carbonyl (C=O) groups excluding carboxylic acids is 1. The summed E-state index contributed by atoms with van der Waals surface area (Å²) >= 11 is 0. The molecule has 3 rings (SSSR count). The average Bonchev–Trinajstić information content (AvgIpc) is 2.69. The Labute approximate surface area is 182 Å². The minimum atomic E-state index is -4.82. The number of nitrogens with one attached hydrogen (secondary N) is 3. The van der Waals surface area contributed by atoms with Crippen molar-refractivity contribution >= 4 is 23.4 Å². The third-order valence-corrected chi connectivity index (χ3v) is 4.06. The Morgan fingerprint density at radius 2 is 1.78 bits per heavy atom. The van der Waals surface area contributed by atoms with Crippen LogP contribution in [0.3, 0.4) is 0 Å². The van der Waals surface area contributed by atoms with Crippen molar-refractivity contribution in [1.82, 2.24) is 20.3 Å². The van der Waals surface area contributed by atoms with E-state index in [4.69, 9.17) is 0 Å². The molecule has 0 atom stereocenters. The van der Waals surface area contributed by atoms with Gasteiger partial charge in [0.25, 0.3) is 5.91 Å². The summed E-state index contributed by atoms with van der Waals surface area (Å²) in [6, 6.07) is 10.3. The lowest BCUT2D eigenvalue weighted by Gasteiger charge is -2.11. The quantitative estimate of drug-likeness (QED) is 0.450. The highest BCUT2D eigenvalue weighted by atomic mass is 19.4. The van der Waals surface area contributed by atoms with Crippen molar-refractivity contribution in [3.8, 4) is 5.75 Å². The molecule has 11 heteroatoms. The number of nitrogens with zero attached hydrogens (tertiary/aromatic N) is 3. The number of anilines is 3. The zero-order valence-electron chi connectivity index (χ0n) is 17.3. The van der Waals surface area contributed by atoms with Gasteiger partial charge < -0.3 is 20.7 Å². The van der Waals surface area contributed by atoms with Gasteiger partial charge in [0.2, 0.25) is 0 Å². The first-order valence-corrected chi connectivity index (χ1v) is 9.61. The highest BCUT2D eigenvalue weighted by Gasteiger charge is 2.31. The van der Waals surface area contributed by atoms with Gasteiger partial charge in [0.15, 0.2) is 0 Å². The summed E-state index contributed by atoms with van der Waals surface area (Å²) in [6.45, 7) is 4.26. The molecular formula is C21H21F3N6O2. The van der Waals surface area contributed by atoms with Gasteiger partial charge in [-0.2, -0.15) is 0 Å². The maximum absolute atomic E-state index is 12.3. The van der Waals surface area contributed by atoms with Crippen LogP contribution in [0, 0.1) is 13.8 Å². The Bertz CT molecular complexity index is 1090. The molecule has 0 radical (unpaired) electrons. The van der Waals surface area contributed by atoms with E-state index in [9.17, 15) is 18.0 Å². The molecule has 2 aromatic heterocycles. The summed E-state index contributed by atoms with van der Waals surface area (Å²) in [5, 5.41) is 8.81. The van der Waals surface area contributed by atoms with Gasteiger partial charge >= 0.3 is 6.36 Å². The maximum atomic E-state index is 12.3. The number of hydrogen-bond acceptors (Lipinski definition) is 7. The Balaban J connectivity index is 1.53. The number of carbonyl (C=O) groups is 1. The zero-order chi connectivity index (χ0) is 23.1. The summed E-state index contributed by atoms with van der Waals surface area (Å²) in [5.74, 6) is 1.31. The van der Waals surface area contributed by atoms with E-state index < -0.39 is 18.0 Å². The third-order valence-electron chi connectivity index (χ3n) is 4.06. The molecule has 0 aliphatic carbocycles. The molecule has 0 fully saturated rings. The van der Waals surface area contributed by atoms with Crippen LogP contribution in [-0.4, -0.2) is 40.3 Å². The molecule has 0 saturated heterocycles. The van der Waals surface area contributed by atoms with Gasteiger partial charge in [-0.1, -0.05) is 6.07 Å². The molecule has 0 bridgehead atoms. The first-order chi connectivity index (χ1) is 15.2. The summed E-state index contributed by atoms with van der Waals surface area (Å²) < 4.78 is 40.8. The smallest absolute Gasteiger partial charge is 0.406 e. The zero-order valence-corrected chi connectivity index (χ0v) is 17.3. The second-order valence-electron chi connectivity index (χ2n) is 6.79. The van der Waals surface area contributed by atoms with Crippen LogP contribution in [0.2, 0.25) is 0 Å².